The minimum atomic E-state index is -0.206. The van der Waals surface area contributed by atoms with Crippen molar-refractivity contribution in [2.75, 3.05) is 0 Å². The molecule has 0 spiro atoms. The molecule has 1 aromatic carbocycles. The van der Waals surface area contributed by atoms with Gasteiger partial charge in [-0.2, -0.15) is 0 Å². The number of benzene rings is 1. The number of rotatable bonds is 9. The molecule has 0 aliphatic rings. The van der Waals surface area contributed by atoms with Crippen molar-refractivity contribution in [2.45, 2.75) is 64.3 Å². The predicted octanol–water partition coefficient (Wildman–Crippen LogP) is 5.10. The topological polar surface area (TPSA) is 26.0 Å². The van der Waals surface area contributed by atoms with Gasteiger partial charge in [0.1, 0.15) is 5.82 Å². The summed E-state index contributed by atoms with van der Waals surface area (Å²) in [6, 6.07) is 4.69. The van der Waals surface area contributed by atoms with E-state index in [1.54, 1.807) is 12.1 Å². The molecule has 0 heterocycles. The van der Waals surface area contributed by atoms with Crippen LogP contribution in [0, 0.1) is 5.82 Å². The zero-order valence-electron chi connectivity index (χ0n) is 11.8. The van der Waals surface area contributed by atoms with Crippen LogP contribution in [0.15, 0.2) is 18.2 Å². The summed E-state index contributed by atoms with van der Waals surface area (Å²) in [6.45, 7) is 2.22. The van der Waals surface area contributed by atoms with Crippen molar-refractivity contribution < 1.29 is 4.39 Å². The SMILES string of the molecule is CCCCCCCCC(N)Cc1cc(Cl)ccc1F. The number of nitrogens with two attached hydrogens (primary N) is 1. The van der Waals surface area contributed by atoms with Crippen molar-refractivity contribution in [3.63, 3.8) is 0 Å². The smallest absolute Gasteiger partial charge is 0.126 e. The molecule has 0 saturated heterocycles. The van der Waals surface area contributed by atoms with Gasteiger partial charge in [0.25, 0.3) is 0 Å². The van der Waals surface area contributed by atoms with Gasteiger partial charge in [0.05, 0.1) is 0 Å². The fourth-order valence-corrected chi connectivity index (χ4v) is 2.47. The maximum atomic E-state index is 13.5. The Morgan fingerprint density at radius 2 is 1.84 bits per heavy atom. The molecule has 0 radical (unpaired) electrons. The summed E-state index contributed by atoms with van der Waals surface area (Å²) in [5.41, 5.74) is 6.69. The Labute approximate surface area is 121 Å². The molecule has 0 bridgehead atoms. The van der Waals surface area contributed by atoms with E-state index in [0.29, 0.717) is 17.0 Å². The molecule has 1 nitrogen and oxygen atoms in total. The van der Waals surface area contributed by atoms with Gasteiger partial charge in [-0.25, -0.2) is 4.39 Å². The predicted molar refractivity (Wildman–Crippen MR) is 81.1 cm³/mol. The summed E-state index contributed by atoms with van der Waals surface area (Å²) in [7, 11) is 0. The molecule has 1 rings (SSSR count). The van der Waals surface area contributed by atoms with Gasteiger partial charge in [-0.1, -0.05) is 57.0 Å². The van der Waals surface area contributed by atoms with E-state index in [1.165, 1.54) is 38.2 Å². The van der Waals surface area contributed by atoms with Crippen LogP contribution >= 0.6 is 11.6 Å². The van der Waals surface area contributed by atoms with Gasteiger partial charge in [0.2, 0.25) is 0 Å². The Kier molecular flexibility index (Phi) is 8.08. The Hall–Kier alpha value is -0.600. The van der Waals surface area contributed by atoms with Gasteiger partial charge in [-0.05, 0) is 36.6 Å². The number of hydrogen-bond donors (Lipinski definition) is 1. The summed E-state index contributed by atoms with van der Waals surface area (Å²) >= 11 is 5.87. The van der Waals surface area contributed by atoms with Crippen LogP contribution in [0.4, 0.5) is 4.39 Å². The highest BCUT2D eigenvalue weighted by Gasteiger charge is 2.08. The van der Waals surface area contributed by atoms with Crippen LogP contribution in [0.2, 0.25) is 5.02 Å². The highest BCUT2D eigenvalue weighted by atomic mass is 35.5. The van der Waals surface area contributed by atoms with Gasteiger partial charge in [0, 0.05) is 11.1 Å². The van der Waals surface area contributed by atoms with Crippen molar-refractivity contribution in [3.8, 4) is 0 Å². The highest BCUT2D eigenvalue weighted by Crippen LogP contribution is 2.17. The van der Waals surface area contributed by atoms with Gasteiger partial charge >= 0.3 is 0 Å². The average molecular weight is 286 g/mol. The molecule has 0 aliphatic heterocycles. The van der Waals surface area contributed by atoms with Crippen LogP contribution < -0.4 is 5.73 Å². The second kappa shape index (κ2) is 9.33. The first-order valence-corrected chi connectivity index (χ1v) is 7.70. The van der Waals surface area contributed by atoms with Crippen molar-refractivity contribution in [1.29, 1.82) is 0 Å². The molecule has 2 N–H and O–H groups in total. The first-order valence-electron chi connectivity index (χ1n) is 7.33. The minimum absolute atomic E-state index is 0.0270. The standard InChI is InChI=1S/C16H25ClFN/c1-2-3-4-5-6-7-8-15(19)12-13-11-14(17)9-10-16(13)18/h9-11,15H,2-8,12,19H2,1H3. The Balaban J connectivity index is 2.23. The molecule has 108 valence electrons. The Morgan fingerprint density at radius 1 is 1.16 bits per heavy atom. The van der Waals surface area contributed by atoms with Crippen LogP contribution in [0.3, 0.4) is 0 Å². The molecular formula is C16H25ClFN. The lowest BCUT2D eigenvalue weighted by atomic mass is 10.00. The summed E-state index contributed by atoms with van der Waals surface area (Å²) in [4.78, 5) is 0. The number of unbranched alkanes of at least 4 members (excludes halogenated alkanes) is 5. The van der Waals surface area contributed by atoms with E-state index < -0.39 is 0 Å². The molecule has 0 aromatic heterocycles. The first kappa shape index (κ1) is 16.5. The fourth-order valence-electron chi connectivity index (χ4n) is 2.27. The van der Waals surface area contributed by atoms with Crippen LogP contribution in [-0.4, -0.2) is 6.04 Å². The van der Waals surface area contributed by atoms with Crippen LogP contribution in [0.25, 0.3) is 0 Å². The average Bonchev–Trinajstić information content (AvgIpc) is 2.38. The van der Waals surface area contributed by atoms with Crippen LogP contribution in [0.1, 0.15) is 57.4 Å². The maximum Gasteiger partial charge on any atom is 0.126 e. The largest absolute Gasteiger partial charge is 0.327 e. The van der Waals surface area contributed by atoms with Crippen molar-refractivity contribution >= 4 is 11.6 Å². The van der Waals surface area contributed by atoms with E-state index in [2.05, 4.69) is 6.92 Å². The van der Waals surface area contributed by atoms with E-state index in [-0.39, 0.29) is 11.9 Å². The molecule has 19 heavy (non-hydrogen) atoms. The van der Waals surface area contributed by atoms with E-state index >= 15 is 0 Å². The summed E-state index contributed by atoms with van der Waals surface area (Å²) in [5.74, 6) is -0.206. The third kappa shape index (κ3) is 6.93. The molecule has 1 unspecified atom stereocenters. The molecule has 0 fully saturated rings. The minimum Gasteiger partial charge on any atom is -0.327 e. The molecule has 0 aliphatic carbocycles. The zero-order valence-corrected chi connectivity index (χ0v) is 12.6. The molecular weight excluding hydrogens is 261 g/mol. The Bertz CT molecular complexity index is 368. The van der Waals surface area contributed by atoms with E-state index in [4.69, 9.17) is 17.3 Å². The quantitative estimate of drug-likeness (QED) is 0.628. The van der Waals surface area contributed by atoms with Crippen molar-refractivity contribution in [3.05, 3.63) is 34.6 Å². The monoisotopic (exact) mass is 285 g/mol. The summed E-state index contributed by atoms with van der Waals surface area (Å²) in [5, 5.41) is 0.572. The van der Waals surface area contributed by atoms with E-state index in [0.717, 1.165) is 12.8 Å². The molecule has 3 heteroatoms. The first-order chi connectivity index (χ1) is 9.13. The molecule has 1 atom stereocenters. The second-order valence-electron chi connectivity index (χ2n) is 5.26. The lowest BCUT2D eigenvalue weighted by Crippen LogP contribution is -2.23. The third-order valence-corrected chi connectivity index (χ3v) is 3.65. The summed E-state index contributed by atoms with van der Waals surface area (Å²) in [6.07, 6.45) is 9.08. The number of halogens is 2. The highest BCUT2D eigenvalue weighted by molar-refractivity contribution is 6.30. The van der Waals surface area contributed by atoms with Gasteiger partial charge in [-0.3, -0.25) is 0 Å². The molecule has 1 aromatic rings. The maximum absolute atomic E-state index is 13.5. The van der Waals surface area contributed by atoms with Crippen LogP contribution in [0.5, 0.6) is 0 Å². The van der Waals surface area contributed by atoms with Gasteiger partial charge in [-0.15, -0.1) is 0 Å². The van der Waals surface area contributed by atoms with Gasteiger partial charge in [0.15, 0.2) is 0 Å². The lowest BCUT2D eigenvalue weighted by Gasteiger charge is -2.12. The second-order valence-corrected chi connectivity index (χ2v) is 5.69. The molecule has 0 amide bonds. The van der Waals surface area contributed by atoms with Crippen molar-refractivity contribution in [2.24, 2.45) is 5.73 Å². The lowest BCUT2D eigenvalue weighted by molar-refractivity contribution is 0.521. The van der Waals surface area contributed by atoms with E-state index in [1.807, 2.05) is 0 Å². The Morgan fingerprint density at radius 3 is 2.58 bits per heavy atom. The number of hydrogen-bond acceptors (Lipinski definition) is 1. The third-order valence-electron chi connectivity index (χ3n) is 3.42. The normalized spacial score (nSPS) is 12.6. The fraction of sp³-hybridized carbons (Fsp3) is 0.625. The molecule has 0 saturated carbocycles. The summed E-state index contributed by atoms with van der Waals surface area (Å²) < 4.78 is 13.5. The van der Waals surface area contributed by atoms with E-state index in [9.17, 15) is 4.39 Å². The zero-order chi connectivity index (χ0) is 14.1. The van der Waals surface area contributed by atoms with Crippen LogP contribution in [-0.2, 0) is 6.42 Å². The van der Waals surface area contributed by atoms with Crippen molar-refractivity contribution in [1.82, 2.24) is 0 Å². The van der Waals surface area contributed by atoms with Gasteiger partial charge < -0.3 is 5.73 Å².